The number of carbonyl (C=O) groups excluding carboxylic acids is 4. The summed E-state index contributed by atoms with van der Waals surface area (Å²) in [6.45, 7) is 2.94. The SMILES string of the molecule is Cc1cc(F)ccc1[C@H]1C[C@@H](NC(=O)NCCCl)CCN1C(=O)N(C)Cc1cc(C(F)(F)F)cc(C(F)(F)F)c1.Cc1cc(F)ccc1[C@H]1C[C@H](NC(=O)NCCCl)CCN1C(=O)N(C)Cc1cc(C(F)(F)F)cc(C(F)(F)F)c1. The zero-order valence-corrected chi connectivity index (χ0v) is 44.7. The van der Waals surface area contributed by atoms with E-state index in [0.717, 1.165) is 9.80 Å². The number of hydrogen-bond acceptors (Lipinski definition) is 4. The summed E-state index contributed by atoms with van der Waals surface area (Å²) >= 11 is 11.2. The van der Waals surface area contributed by atoms with Gasteiger partial charge in [0.05, 0.1) is 34.3 Å². The van der Waals surface area contributed by atoms with Gasteiger partial charge < -0.3 is 40.9 Å². The predicted molar refractivity (Wildman–Crippen MR) is 268 cm³/mol. The first-order valence-corrected chi connectivity index (χ1v) is 25.6. The Morgan fingerprint density at radius 2 is 0.838 bits per heavy atom. The molecule has 0 radical (unpaired) electrons. The lowest BCUT2D eigenvalue weighted by molar-refractivity contribution is -0.144. The summed E-state index contributed by atoms with van der Waals surface area (Å²) in [5, 5.41) is 10.8. The first-order valence-electron chi connectivity index (χ1n) is 24.5. The molecule has 0 aliphatic carbocycles. The number of alkyl halides is 14. The van der Waals surface area contributed by atoms with Crippen molar-refractivity contribution >= 4 is 47.3 Å². The summed E-state index contributed by atoms with van der Waals surface area (Å²) in [4.78, 5) is 56.3. The van der Waals surface area contributed by atoms with Gasteiger partial charge in [0, 0.05) is 77.2 Å². The smallest absolute Gasteiger partial charge is 0.337 e. The van der Waals surface area contributed by atoms with Crippen LogP contribution in [0.2, 0.25) is 0 Å². The number of nitrogens with zero attached hydrogens (tertiary/aromatic N) is 4. The number of urea groups is 4. The van der Waals surface area contributed by atoms with Gasteiger partial charge in [-0.3, -0.25) is 0 Å². The third-order valence-corrected chi connectivity index (χ3v) is 13.5. The Morgan fingerprint density at radius 3 is 1.11 bits per heavy atom. The maximum Gasteiger partial charge on any atom is 0.416 e. The monoisotopic (exact) mass is 1190 g/mol. The highest BCUT2D eigenvalue weighted by atomic mass is 35.5. The van der Waals surface area contributed by atoms with Gasteiger partial charge in [-0.25, -0.2) is 28.0 Å². The normalized spacial score (nSPS) is 17.9. The molecule has 440 valence electrons. The molecule has 28 heteroatoms. The van der Waals surface area contributed by atoms with Gasteiger partial charge in [0.2, 0.25) is 0 Å². The Bertz CT molecular complexity index is 2570. The van der Waals surface area contributed by atoms with Gasteiger partial charge >= 0.3 is 48.8 Å². The summed E-state index contributed by atoms with van der Waals surface area (Å²) in [6, 6.07) is 6.12. The molecule has 4 N–H and O–H groups in total. The van der Waals surface area contributed by atoms with Crippen LogP contribution in [0.4, 0.5) is 80.6 Å². The van der Waals surface area contributed by atoms with E-state index in [9.17, 15) is 80.6 Å². The molecule has 6 rings (SSSR count). The highest BCUT2D eigenvalue weighted by Crippen LogP contribution is 2.40. The first-order chi connectivity index (χ1) is 37.2. The fourth-order valence-corrected chi connectivity index (χ4v) is 9.59. The predicted octanol–water partition coefficient (Wildman–Crippen LogP) is 12.9. The molecule has 2 aliphatic rings. The summed E-state index contributed by atoms with van der Waals surface area (Å²) in [5.74, 6) is -0.569. The standard InChI is InChI=1S/2C26H28ClF7N4O2/c2*1-15-9-19(28)3-4-21(15)22-13-20(36-23(39)35-7-6-27)5-8-38(22)24(40)37(2)14-16-10-17(25(29,30)31)12-18(11-16)26(32,33)34/h2*3-4,9-12,20,22H,5-8,13-14H2,1-2H3,(H2,35,36,39)/t20-,22+;20-,22-/m01/s1. The van der Waals surface area contributed by atoms with Crippen molar-refractivity contribution in [1.82, 2.24) is 40.9 Å². The third kappa shape index (κ3) is 17.8. The molecule has 0 aromatic heterocycles. The Kier molecular flexibility index (Phi) is 21.6. The van der Waals surface area contributed by atoms with E-state index >= 15 is 0 Å². The number of halogens is 16. The molecule has 12 nitrogen and oxygen atoms in total. The van der Waals surface area contributed by atoms with Gasteiger partial charge in [-0.15, -0.1) is 23.2 Å². The van der Waals surface area contributed by atoms with E-state index < -0.39 is 108 Å². The van der Waals surface area contributed by atoms with Gasteiger partial charge in [-0.05, 0) is 134 Å². The Labute approximate surface area is 461 Å². The molecule has 4 atom stereocenters. The van der Waals surface area contributed by atoms with Crippen LogP contribution in [0, 0.1) is 25.5 Å². The minimum atomic E-state index is -5.02. The maximum atomic E-state index is 13.8. The van der Waals surface area contributed by atoms with E-state index in [-0.39, 0.29) is 86.1 Å². The van der Waals surface area contributed by atoms with Crippen LogP contribution in [0.3, 0.4) is 0 Å². The molecule has 2 heterocycles. The van der Waals surface area contributed by atoms with Gasteiger partial charge in [0.15, 0.2) is 0 Å². The quantitative estimate of drug-likeness (QED) is 0.0832. The van der Waals surface area contributed by atoms with Crippen LogP contribution in [0.15, 0.2) is 72.8 Å². The van der Waals surface area contributed by atoms with Crippen molar-refractivity contribution in [3.05, 3.63) is 140 Å². The molecule has 2 fully saturated rings. The molecule has 0 bridgehead atoms. The molecular formula is C52H56Cl2F14N8O4. The Morgan fingerprint density at radius 1 is 0.525 bits per heavy atom. The molecule has 0 spiro atoms. The second-order valence-corrected chi connectivity index (χ2v) is 19.9. The maximum absolute atomic E-state index is 13.8. The zero-order valence-electron chi connectivity index (χ0n) is 43.2. The van der Waals surface area contributed by atoms with E-state index in [4.69, 9.17) is 23.2 Å². The largest absolute Gasteiger partial charge is 0.416 e. The van der Waals surface area contributed by atoms with E-state index in [1.807, 2.05) is 0 Å². The third-order valence-electron chi connectivity index (χ3n) is 13.1. The lowest BCUT2D eigenvalue weighted by atomic mass is 9.89. The minimum absolute atomic E-state index is 0.0275. The Balaban J connectivity index is 0.000000294. The lowest BCUT2D eigenvalue weighted by Crippen LogP contribution is -2.52. The summed E-state index contributed by atoms with van der Waals surface area (Å²) in [7, 11) is 2.54. The highest BCUT2D eigenvalue weighted by Gasteiger charge is 2.41. The fraction of sp³-hybridized carbons (Fsp3) is 0.462. The summed E-state index contributed by atoms with van der Waals surface area (Å²) in [6.07, 6.45) is -18.9. The van der Waals surface area contributed by atoms with Gasteiger partial charge in [0.25, 0.3) is 0 Å². The number of piperidine rings is 2. The number of aryl methyl sites for hydroxylation is 2. The molecule has 2 aliphatic heterocycles. The second kappa shape index (κ2) is 26.9. The zero-order chi connectivity index (χ0) is 59.7. The topological polar surface area (TPSA) is 129 Å². The van der Waals surface area contributed by atoms with Crippen LogP contribution in [0.25, 0.3) is 0 Å². The van der Waals surface area contributed by atoms with Crippen LogP contribution in [0.1, 0.15) is 93.4 Å². The summed E-state index contributed by atoms with van der Waals surface area (Å²) in [5.41, 5.74) is -4.34. The van der Waals surface area contributed by atoms with Crippen LogP contribution in [0.5, 0.6) is 0 Å². The number of amides is 8. The number of likely N-dealkylation sites (tertiary alicyclic amines) is 2. The van der Waals surface area contributed by atoms with Crippen LogP contribution < -0.4 is 21.3 Å². The highest BCUT2D eigenvalue weighted by molar-refractivity contribution is 6.18. The van der Waals surface area contributed by atoms with Crippen LogP contribution in [-0.4, -0.2) is 108 Å². The van der Waals surface area contributed by atoms with Crippen molar-refractivity contribution in [3.8, 4) is 0 Å². The van der Waals surface area contributed by atoms with Crippen molar-refractivity contribution in [1.29, 1.82) is 0 Å². The van der Waals surface area contributed by atoms with Crippen molar-refractivity contribution in [2.75, 3.05) is 52.0 Å². The van der Waals surface area contributed by atoms with Crippen LogP contribution in [-0.2, 0) is 37.8 Å². The summed E-state index contributed by atoms with van der Waals surface area (Å²) < 4.78 is 187. The van der Waals surface area contributed by atoms with Gasteiger partial charge in [-0.2, -0.15) is 52.7 Å². The molecule has 4 aromatic carbocycles. The minimum Gasteiger partial charge on any atom is -0.337 e. The molecule has 80 heavy (non-hydrogen) atoms. The second-order valence-electron chi connectivity index (χ2n) is 19.1. The van der Waals surface area contributed by atoms with Crippen molar-refractivity contribution < 1.29 is 80.6 Å². The van der Waals surface area contributed by atoms with E-state index in [1.165, 1.54) is 60.3 Å². The number of hydrogen-bond donors (Lipinski definition) is 4. The molecular weight excluding hydrogens is 1140 g/mol. The van der Waals surface area contributed by atoms with Gasteiger partial charge in [-0.1, -0.05) is 12.1 Å². The fourth-order valence-electron chi connectivity index (χ4n) is 9.40. The molecule has 0 unspecified atom stereocenters. The average molecular weight is 1190 g/mol. The molecule has 0 saturated carbocycles. The molecule has 8 amide bonds. The first kappa shape index (κ1) is 64.4. The molecule has 4 aromatic rings. The lowest BCUT2D eigenvalue weighted by Gasteiger charge is -2.42. The number of benzene rings is 4. The van der Waals surface area contributed by atoms with Crippen molar-refractivity contribution in [2.45, 2.75) is 101 Å². The average Bonchev–Trinajstić information content (AvgIpc) is 3.36. The van der Waals surface area contributed by atoms with E-state index in [0.29, 0.717) is 59.4 Å². The number of carbonyl (C=O) groups is 4. The number of nitrogens with one attached hydrogen (secondary N) is 4. The van der Waals surface area contributed by atoms with Gasteiger partial charge in [0.1, 0.15) is 11.6 Å². The van der Waals surface area contributed by atoms with Crippen molar-refractivity contribution in [3.63, 3.8) is 0 Å². The van der Waals surface area contributed by atoms with E-state index in [2.05, 4.69) is 21.3 Å². The Hall–Kier alpha value is -6.44. The van der Waals surface area contributed by atoms with Crippen molar-refractivity contribution in [2.24, 2.45) is 0 Å². The van der Waals surface area contributed by atoms with Crippen LogP contribution >= 0.6 is 23.2 Å². The molecule has 2 saturated heterocycles. The van der Waals surface area contributed by atoms with E-state index in [1.54, 1.807) is 13.8 Å². The number of rotatable bonds is 12.